The number of rotatable bonds is 3. The number of nitrogens with zero attached hydrogens (tertiary/aromatic N) is 3. The average Bonchev–Trinajstić information content (AvgIpc) is 3.12. The third-order valence-electron chi connectivity index (χ3n) is 4.58. The van der Waals surface area contributed by atoms with Crippen molar-refractivity contribution in [1.82, 2.24) is 10.1 Å². The maximum Gasteiger partial charge on any atom is 0.265 e. The highest BCUT2D eigenvalue weighted by molar-refractivity contribution is 5.97. The second kappa shape index (κ2) is 6.54. The van der Waals surface area contributed by atoms with E-state index in [9.17, 15) is 4.79 Å². The fourth-order valence-corrected chi connectivity index (χ4v) is 3.02. The SMILES string of the molecule is CC(C)(C)c1ccc(-c2noc(CN3C(=O)COc4ccccc43)n2)cc1. The maximum absolute atomic E-state index is 12.3. The molecule has 0 atom stereocenters. The van der Waals surface area contributed by atoms with Crippen LogP contribution < -0.4 is 9.64 Å². The number of fused-ring (bicyclic) bond motifs is 1. The van der Waals surface area contributed by atoms with E-state index in [0.29, 0.717) is 23.2 Å². The van der Waals surface area contributed by atoms with Crippen molar-refractivity contribution < 1.29 is 14.1 Å². The van der Waals surface area contributed by atoms with E-state index in [0.717, 1.165) is 5.56 Å². The molecule has 1 aliphatic heterocycles. The van der Waals surface area contributed by atoms with E-state index in [-0.39, 0.29) is 24.5 Å². The van der Waals surface area contributed by atoms with E-state index in [1.807, 2.05) is 36.4 Å². The number of benzene rings is 2. The molecule has 1 aromatic heterocycles. The third kappa shape index (κ3) is 3.43. The molecule has 2 heterocycles. The van der Waals surface area contributed by atoms with Crippen LogP contribution in [0.5, 0.6) is 5.75 Å². The monoisotopic (exact) mass is 363 g/mol. The predicted octanol–water partition coefficient (Wildman–Crippen LogP) is 3.96. The van der Waals surface area contributed by atoms with E-state index < -0.39 is 0 Å². The van der Waals surface area contributed by atoms with E-state index in [1.54, 1.807) is 4.90 Å². The van der Waals surface area contributed by atoms with E-state index >= 15 is 0 Å². The Morgan fingerprint density at radius 3 is 2.56 bits per heavy atom. The molecule has 1 aliphatic rings. The Kier molecular flexibility index (Phi) is 4.18. The molecule has 27 heavy (non-hydrogen) atoms. The van der Waals surface area contributed by atoms with Crippen LogP contribution in [0.15, 0.2) is 53.1 Å². The molecular weight excluding hydrogens is 342 g/mol. The van der Waals surface area contributed by atoms with Crippen molar-refractivity contribution in [2.24, 2.45) is 0 Å². The van der Waals surface area contributed by atoms with Gasteiger partial charge in [0.2, 0.25) is 11.7 Å². The number of carbonyl (C=O) groups is 1. The first-order valence-electron chi connectivity index (χ1n) is 8.87. The van der Waals surface area contributed by atoms with E-state index in [1.165, 1.54) is 5.56 Å². The van der Waals surface area contributed by atoms with Crippen molar-refractivity contribution in [1.29, 1.82) is 0 Å². The molecule has 0 radical (unpaired) electrons. The number of hydrogen-bond acceptors (Lipinski definition) is 5. The molecule has 4 rings (SSSR count). The van der Waals surface area contributed by atoms with Crippen molar-refractivity contribution in [2.75, 3.05) is 11.5 Å². The van der Waals surface area contributed by atoms with Gasteiger partial charge < -0.3 is 9.26 Å². The number of para-hydroxylation sites is 2. The molecular formula is C21H21N3O3. The van der Waals surface area contributed by atoms with E-state index in [2.05, 4.69) is 43.0 Å². The van der Waals surface area contributed by atoms with Crippen LogP contribution in [0, 0.1) is 0 Å². The van der Waals surface area contributed by atoms with Gasteiger partial charge in [-0.2, -0.15) is 4.98 Å². The van der Waals surface area contributed by atoms with Crippen LogP contribution in [0.4, 0.5) is 5.69 Å². The standard InChI is InChI=1S/C21H21N3O3/c1-21(2,3)15-10-8-14(9-11-15)20-22-18(27-23-20)12-24-16-6-4-5-7-17(16)26-13-19(24)25/h4-11H,12-13H2,1-3H3. The molecule has 0 saturated carbocycles. The van der Waals surface area contributed by atoms with Crippen LogP contribution in [0.1, 0.15) is 32.2 Å². The summed E-state index contributed by atoms with van der Waals surface area (Å²) in [7, 11) is 0. The molecule has 0 spiro atoms. The Morgan fingerprint density at radius 2 is 1.81 bits per heavy atom. The summed E-state index contributed by atoms with van der Waals surface area (Å²) in [5.74, 6) is 1.44. The number of carbonyl (C=O) groups excluding carboxylic acids is 1. The van der Waals surface area contributed by atoms with Gasteiger partial charge in [-0.3, -0.25) is 9.69 Å². The molecule has 1 amide bonds. The highest BCUT2D eigenvalue weighted by atomic mass is 16.5. The first-order chi connectivity index (χ1) is 12.9. The quantitative estimate of drug-likeness (QED) is 0.704. The minimum Gasteiger partial charge on any atom is -0.482 e. The number of hydrogen-bond donors (Lipinski definition) is 0. The maximum atomic E-state index is 12.3. The lowest BCUT2D eigenvalue weighted by Gasteiger charge is -2.27. The molecule has 0 fully saturated rings. The highest BCUT2D eigenvalue weighted by Crippen LogP contribution is 2.32. The summed E-state index contributed by atoms with van der Waals surface area (Å²) in [6.07, 6.45) is 0. The lowest BCUT2D eigenvalue weighted by Crippen LogP contribution is -2.38. The number of amides is 1. The number of anilines is 1. The summed E-state index contributed by atoms with van der Waals surface area (Å²) in [6.45, 7) is 6.74. The van der Waals surface area contributed by atoms with Crippen LogP contribution in [-0.4, -0.2) is 22.7 Å². The largest absolute Gasteiger partial charge is 0.482 e. The summed E-state index contributed by atoms with van der Waals surface area (Å²) in [5.41, 5.74) is 2.92. The Balaban J connectivity index is 1.56. The zero-order chi connectivity index (χ0) is 19.0. The van der Waals surface area contributed by atoms with Crippen molar-refractivity contribution in [2.45, 2.75) is 32.7 Å². The van der Waals surface area contributed by atoms with Crippen LogP contribution in [-0.2, 0) is 16.8 Å². The fourth-order valence-electron chi connectivity index (χ4n) is 3.02. The minimum absolute atomic E-state index is 0.00622. The molecule has 0 N–H and O–H groups in total. The second-order valence-electron chi connectivity index (χ2n) is 7.58. The molecule has 0 bridgehead atoms. The van der Waals surface area contributed by atoms with Gasteiger partial charge in [-0.1, -0.05) is 62.3 Å². The zero-order valence-corrected chi connectivity index (χ0v) is 15.6. The van der Waals surface area contributed by atoms with E-state index in [4.69, 9.17) is 9.26 Å². The van der Waals surface area contributed by atoms with Crippen molar-refractivity contribution in [3.05, 3.63) is 60.0 Å². The zero-order valence-electron chi connectivity index (χ0n) is 15.6. The number of ether oxygens (including phenoxy) is 1. The summed E-state index contributed by atoms with van der Waals surface area (Å²) < 4.78 is 10.8. The van der Waals surface area contributed by atoms with Crippen molar-refractivity contribution in [3.63, 3.8) is 0 Å². The Hall–Kier alpha value is -3.15. The second-order valence-corrected chi connectivity index (χ2v) is 7.58. The molecule has 138 valence electrons. The summed E-state index contributed by atoms with van der Waals surface area (Å²) in [4.78, 5) is 18.4. The van der Waals surface area contributed by atoms with Gasteiger partial charge in [0.1, 0.15) is 12.3 Å². The highest BCUT2D eigenvalue weighted by Gasteiger charge is 2.27. The fraction of sp³-hybridized carbons (Fsp3) is 0.286. The van der Waals surface area contributed by atoms with Gasteiger partial charge in [-0.25, -0.2) is 0 Å². The molecule has 6 nitrogen and oxygen atoms in total. The predicted molar refractivity (Wildman–Crippen MR) is 102 cm³/mol. The summed E-state index contributed by atoms with van der Waals surface area (Å²) in [5, 5.41) is 4.07. The smallest absolute Gasteiger partial charge is 0.265 e. The topological polar surface area (TPSA) is 68.5 Å². The molecule has 0 unspecified atom stereocenters. The van der Waals surface area contributed by atoms with Gasteiger partial charge >= 0.3 is 0 Å². The first kappa shape index (κ1) is 17.3. The van der Waals surface area contributed by atoms with Gasteiger partial charge in [-0.15, -0.1) is 0 Å². The third-order valence-corrected chi connectivity index (χ3v) is 4.58. The van der Waals surface area contributed by atoms with Crippen LogP contribution in [0.2, 0.25) is 0 Å². The van der Waals surface area contributed by atoms with Crippen LogP contribution in [0.25, 0.3) is 11.4 Å². The minimum atomic E-state index is -0.136. The first-order valence-corrected chi connectivity index (χ1v) is 8.87. The van der Waals surface area contributed by atoms with Crippen molar-refractivity contribution >= 4 is 11.6 Å². The van der Waals surface area contributed by atoms with Crippen molar-refractivity contribution in [3.8, 4) is 17.1 Å². The summed E-state index contributed by atoms with van der Waals surface area (Å²) >= 11 is 0. The van der Waals surface area contributed by atoms with Gasteiger partial charge in [-0.05, 0) is 23.1 Å². The average molecular weight is 363 g/mol. The summed E-state index contributed by atoms with van der Waals surface area (Å²) in [6, 6.07) is 15.6. The molecule has 6 heteroatoms. The number of aromatic nitrogens is 2. The molecule has 3 aromatic rings. The lowest BCUT2D eigenvalue weighted by molar-refractivity contribution is -0.121. The Bertz CT molecular complexity index is 971. The van der Waals surface area contributed by atoms with Crippen LogP contribution >= 0.6 is 0 Å². The molecule has 0 saturated heterocycles. The van der Waals surface area contributed by atoms with Gasteiger partial charge in [0, 0.05) is 5.56 Å². The van der Waals surface area contributed by atoms with Gasteiger partial charge in [0.05, 0.1) is 5.69 Å². The van der Waals surface area contributed by atoms with Crippen LogP contribution in [0.3, 0.4) is 0 Å². The van der Waals surface area contributed by atoms with Gasteiger partial charge in [0.25, 0.3) is 5.91 Å². The Morgan fingerprint density at radius 1 is 1.07 bits per heavy atom. The normalized spacial score (nSPS) is 14.0. The molecule has 2 aromatic carbocycles. The Labute approximate surface area is 157 Å². The van der Waals surface area contributed by atoms with Gasteiger partial charge in [0.15, 0.2) is 6.61 Å². The molecule has 0 aliphatic carbocycles. The lowest BCUT2D eigenvalue weighted by atomic mass is 9.87.